The molecule has 0 amide bonds. The van der Waals surface area contributed by atoms with Crippen LogP contribution in [0.15, 0.2) is 39.4 Å². The lowest BCUT2D eigenvalue weighted by Crippen LogP contribution is -2.18. The third-order valence-electron chi connectivity index (χ3n) is 3.11. The Morgan fingerprint density at radius 3 is 2.86 bits per heavy atom. The summed E-state index contributed by atoms with van der Waals surface area (Å²) in [7, 11) is 0. The van der Waals surface area contributed by atoms with Crippen molar-refractivity contribution in [3.8, 4) is 5.75 Å². The van der Waals surface area contributed by atoms with Gasteiger partial charge < -0.3 is 14.5 Å². The molecule has 0 aliphatic rings. The van der Waals surface area contributed by atoms with E-state index in [0.717, 1.165) is 40.2 Å². The summed E-state index contributed by atoms with van der Waals surface area (Å²) < 4.78 is 12.4. The van der Waals surface area contributed by atoms with Crippen LogP contribution in [0.2, 0.25) is 0 Å². The van der Waals surface area contributed by atoms with E-state index in [4.69, 9.17) is 9.15 Å². The minimum Gasteiger partial charge on any atom is -0.485 e. The SMILES string of the molecule is Cc1ccc(Br)cc1OCc1cc(CNCC(C)C)co1. The van der Waals surface area contributed by atoms with Crippen LogP contribution in [0.1, 0.15) is 30.7 Å². The maximum Gasteiger partial charge on any atom is 0.146 e. The van der Waals surface area contributed by atoms with Gasteiger partial charge in [0.15, 0.2) is 0 Å². The van der Waals surface area contributed by atoms with Gasteiger partial charge in [0.1, 0.15) is 18.1 Å². The molecule has 1 N–H and O–H groups in total. The molecule has 4 heteroatoms. The number of ether oxygens (including phenoxy) is 1. The summed E-state index contributed by atoms with van der Waals surface area (Å²) in [6, 6.07) is 8.06. The van der Waals surface area contributed by atoms with Crippen molar-refractivity contribution in [2.24, 2.45) is 5.92 Å². The van der Waals surface area contributed by atoms with E-state index < -0.39 is 0 Å². The van der Waals surface area contributed by atoms with Gasteiger partial charge in [-0.15, -0.1) is 0 Å². The van der Waals surface area contributed by atoms with Gasteiger partial charge in [0.2, 0.25) is 0 Å². The topological polar surface area (TPSA) is 34.4 Å². The van der Waals surface area contributed by atoms with Crippen LogP contribution in [0.4, 0.5) is 0 Å². The van der Waals surface area contributed by atoms with Gasteiger partial charge in [0.05, 0.1) is 6.26 Å². The van der Waals surface area contributed by atoms with E-state index in [2.05, 4.69) is 35.1 Å². The second-order valence-corrected chi connectivity index (χ2v) is 6.56. The van der Waals surface area contributed by atoms with E-state index >= 15 is 0 Å². The fourth-order valence-electron chi connectivity index (χ4n) is 1.98. The van der Waals surface area contributed by atoms with Crippen LogP contribution in [0.25, 0.3) is 0 Å². The van der Waals surface area contributed by atoms with Crippen molar-refractivity contribution in [3.05, 3.63) is 51.9 Å². The van der Waals surface area contributed by atoms with Crippen molar-refractivity contribution in [1.29, 1.82) is 0 Å². The fraction of sp³-hybridized carbons (Fsp3) is 0.412. The second kappa shape index (κ2) is 7.66. The first-order valence-corrected chi connectivity index (χ1v) is 8.00. The van der Waals surface area contributed by atoms with Crippen LogP contribution in [0, 0.1) is 12.8 Å². The normalized spacial score (nSPS) is 11.1. The van der Waals surface area contributed by atoms with Gasteiger partial charge in [0.25, 0.3) is 0 Å². The van der Waals surface area contributed by atoms with E-state index in [1.807, 2.05) is 31.2 Å². The molecule has 21 heavy (non-hydrogen) atoms. The molecule has 1 heterocycles. The Morgan fingerprint density at radius 1 is 1.29 bits per heavy atom. The molecule has 0 radical (unpaired) electrons. The predicted molar refractivity (Wildman–Crippen MR) is 88.5 cm³/mol. The summed E-state index contributed by atoms with van der Waals surface area (Å²) in [5.41, 5.74) is 2.27. The van der Waals surface area contributed by atoms with Crippen LogP contribution in [0.3, 0.4) is 0 Å². The molecule has 0 unspecified atom stereocenters. The van der Waals surface area contributed by atoms with E-state index in [1.165, 1.54) is 0 Å². The lowest BCUT2D eigenvalue weighted by atomic mass is 10.2. The molecule has 0 fully saturated rings. The highest BCUT2D eigenvalue weighted by atomic mass is 79.9. The minimum absolute atomic E-state index is 0.446. The lowest BCUT2D eigenvalue weighted by Gasteiger charge is -2.07. The molecular formula is C17H22BrNO2. The molecule has 0 saturated heterocycles. The smallest absolute Gasteiger partial charge is 0.146 e. The molecule has 0 aliphatic heterocycles. The maximum atomic E-state index is 5.82. The summed E-state index contributed by atoms with van der Waals surface area (Å²) in [5, 5.41) is 3.40. The third-order valence-corrected chi connectivity index (χ3v) is 3.60. The molecule has 2 rings (SSSR count). The number of hydrogen-bond donors (Lipinski definition) is 1. The number of halogens is 1. The van der Waals surface area contributed by atoms with Gasteiger partial charge >= 0.3 is 0 Å². The molecule has 0 aliphatic carbocycles. The largest absolute Gasteiger partial charge is 0.485 e. The van der Waals surface area contributed by atoms with Gasteiger partial charge in [0, 0.05) is 16.6 Å². The van der Waals surface area contributed by atoms with Crippen LogP contribution < -0.4 is 10.1 Å². The number of nitrogens with one attached hydrogen (secondary N) is 1. The molecule has 0 spiro atoms. The number of rotatable bonds is 7. The van der Waals surface area contributed by atoms with Crippen LogP contribution in [-0.4, -0.2) is 6.54 Å². The monoisotopic (exact) mass is 351 g/mol. The zero-order chi connectivity index (χ0) is 15.2. The Kier molecular flexibility index (Phi) is 5.88. The van der Waals surface area contributed by atoms with E-state index in [1.54, 1.807) is 6.26 Å². The molecule has 3 nitrogen and oxygen atoms in total. The predicted octanol–water partition coefficient (Wildman–Crippen LogP) is 4.68. The molecule has 114 valence electrons. The first-order chi connectivity index (χ1) is 10.0. The quantitative estimate of drug-likeness (QED) is 0.786. The molecular weight excluding hydrogens is 330 g/mol. The van der Waals surface area contributed by atoms with Crippen molar-refractivity contribution >= 4 is 15.9 Å². The summed E-state index contributed by atoms with van der Waals surface area (Å²) >= 11 is 3.45. The van der Waals surface area contributed by atoms with Gasteiger partial charge in [-0.2, -0.15) is 0 Å². The van der Waals surface area contributed by atoms with Gasteiger partial charge in [-0.1, -0.05) is 35.8 Å². The molecule has 0 bridgehead atoms. The number of benzene rings is 1. The molecule has 1 aromatic heterocycles. The Bertz CT molecular complexity index is 578. The molecule has 2 aromatic rings. The van der Waals surface area contributed by atoms with Gasteiger partial charge in [-0.05, 0) is 43.1 Å². The standard InChI is InChI=1S/C17H22BrNO2/c1-12(2)8-19-9-14-6-16(20-10-14)11-21-17-7-15(18)5-4-13(17)3/h4-7,10,12,19H,8-9,11H2,1-3H3. The maximum absolute atomic E-state index is 5.82. The molecule has 0 saturated carbocycles. The summed E-state index contributed by atoms with van der Waals surface area (Å²) in [5.74, 6) is 2.37. The summed E-state index contributed by atoms with van der Waals surface area (Å²) in [6.07, 6.45) is 1.79. The van der Waals surface area contributed by atoms with Crippen LogP contribution >= 0.6 is 15.9 Å². The van der Waals surface area contributed by atoms with Crippen molar-refractivity contribution in [2.45, 2.75) is 33.9 Å². The van der Waals surface area contributed by atoms with Gasteiger partial charge in [-0.25, -0.2) is 0 Å². The third kappa shape index (κ3) is 5.21. The highest BCUT2D eigenvalue weighted by molar-refractivity contribution is 9.10. The van der Waals surface area contributed by atoms with Crippen LogP contribution in [0.5, 0.6) is 5.75 Å². The summed E-state index contributed by atoms with van der Waals surface area (Å²) in [6.45, 7) is 8.71. The van der Waals surface area contributed by atoms with E-state index in [-0.39, 0.29) is 0 Å². The minimum atomic E-state index is 0.446. The van der Waals surface area contributed by atoms with Crippen molar-refractivity contribution in [3.63, 3.8) is 0 Å². The van der Waals surface area contributed by atoms with Crippen LogP contribution in [-0.2, 0) is 13.2 Å². The number of furan rings is 1. The Morgan fingerprint density at radius 2 is 2.10 bits per heavy atom. The highest BCUT2D eigenvalue weighted by Gasteiger charge is 2.05. The second-order valence-electron chi connectivity index (χ2n) is 5.64. The fourth-order valence-corrected chi connectivity index (χ4v) is 2.32. The average molecular weight is 352 g/mol. The molecule has 1 aromatic carbocycles. The Hall–Kier alpha value is -1.26. The zero-order valence-corrected chi connectivity index (χ0v) is 14.4. The number of hydrogen-bond acceptors (Lipinski definition) is 3. The Labute approximate surface area is 134 Å². The Balaban J connectivity index is 1.86. The van der Waals surface area contributed by atoms with Crippen molar-refractivity contribution in [1.82, 2.24) is 5.32 Å². The first-order valence-electron chi connectivity index (χ1n) is 7.20. The number of aryl methyl sites for hydroxylation is 1. The van der Waals surface area contributed by atoms with Gasteiger partial charge in [-0.3, -0.25) is 0 Å². The van der Waals surface area contributed by atoms with E-state index in [9.17, 15) is 0 Å². The highest BCUT2D eigenvalue weighted by Crippen LogP contribution is 2.24. The average Bonchev–Trinajstić information content (AvgIpc) is 2.87. The van der Waals surface area contributed by atoms with E-state index in [0.29, 0.717) is 12.5 Å². The lowest BCUT2D eigenvalue weighted by molar-refractivity contribution is 0.268. The van der Waals surface area contributed by atoms with Crippen molar-refractivity contribution < 1.29 is 9.15 Å². The summed E-state index contributed by atoms with van der Waals surface area (Å²) in [4.78, 5) is 0. The zero-order valence-electron chi connectivity index (χ0n) is 12.8. The van der Waals surface area contributed by atoms with Crippen molar-refractivity contribution in [2.75, 3.05) is 6.54 Å². The first kappa shape index (κ1) is 16.1. The molecule has 0 atom stereocenters.